The molecule has 1 aromatic rings. The number of rotatable bonds is 8. The van der Waals surface area contributed by atoms with E-state index in [0.717, 1.165) is 31.1 Å². The van der Waals surface area contributed by atoms with Crippen LogP contribution in [0.3, 0.4) is 0 Å². The highest BCUT2D eigenvalue weighted by molar-refractivity contribution is 7.99. The first-order chi connectivity index (χ1) is 8.22. The smallest absolute Gasteiger partial charge is 0.0964 e. The molecular weight excluding hydrogens is 256 g/mol. The molecular formula is C12H19ClN2OS. The van der Waals surface area contributed by atoms with Crippen LogP contribution in [0.5, 0.6) is 0 Å². The summed E-state index contributed by atoms with van der Waals surface area (Å²) < 4.78 is 4.99. The monoisotopic (exact) mass is 274 g/mol. The van der Waals surface area contributed by atoms with Crippen LogP contribution in [0.25, 0.3) is 0 Å². The molecule has 0 aliphatic heterocycles. The first-order valence-corrected chi connectivity index (χ1v) is 6.96. The Bertz CT molecular complexity index is 308. The molecule has 17 heavy (non-hydrogen) atoms. The van der Waals surface area contributed by atoms with Gasteiger partial charge in [-0.1, -0.05) is 18.5 Å². The molecule has 0 radical (unpaired) electrons. The largest absolute Gasteiger partial charge is 0.385 e. The molecule has 0 bridgehead atoms. The fourth-order valence-electron chi connectivity index (χ4n) is 1.33. The van der Waals surface area contributed by atoms with Crippen LogP contribution in [0.4, 0.5) is 0 Å². The lowest BCUT2D eigenvalue weighted by Crippen LogP contribution is -2.24. The number of aromatic nitrogens is 1. The van der Waals surface area contributed by atoms with Crippen LogP contribution < -0.4 is 5.32 Å². The minimum Gasteiger partial charge on any atom is -0.385 e. The van der Waals surface area contributed by atoms with Crippen molar-refractivity contribution in [3.8, 4) is 0 Å². The molecule has 0 aromatic carbocycles. The molecule has 1 heterocycles. The van der Waals surface area contributed by atoms with E-state index in [1.54, 1.807) is 25.1 Å². The maximum absolute atomic E-state index is 5.78. The number of thioether (sulfide) groups is 1. The van der Waals surface area contributed by atoms with E-state index < -0.39 is 0 Å². The molecule has 96 valence electrons. The van der Waals surface area contributed by atoms with Crippen molar-refractivity contribution in [1.29, 1.82) is 0 Å². The Hall–Kier alpha value is -0.290. The van der Waals surface area contributed by atoms with Gasteiger partial charge in [0.05, 0.1) is 10.0 Å². The minimum atomic E-state index is 0.492. The second kappa shape index (κ2) is 8.75. The van der Waals surface area contributed by atoms with Crippen molar-refractivity contribution in [2.24, 2.45) is 0 Å². The average molecular weight is 275 g/mol. The Balaban J connectivity index is 2.16. The topological polar surface area (TPSA) is 34.1 Å². The van der Waals surface area contributed by atoms with Crippen LogP contribution in [-0.2, 0) is 4.74 Å². The van der Waals surface area contributed by atoms with E-state index in [1.807, 2.05) is 12.1 Å². The summed E-state index contributed by atoms with van der Waals surface area (Å²) in [5, 5.41) is 5.58. The van der Waals surface area contributed by atoms with Gasteiger partial charge in [-0.05, 0) is 25.1 Å². The van der Waals surface area contributed by atoms with Gasteiger partial charge in [-0.25, -0.2) is 4.98 Å². The molecule has 0 aliphatic rings. The summed E-state index contributed by atoms with van der Waals surface area (Å²) in [5.74, 6) is 0. The van der Waals surface area contributed by atoms with Gasteiger partial charge in [-0.15, -0.1) is 11.8 Å². The molecule has 3 nitrogen and oxygen atoms in total. The molecule has 1 unspecified atom stereocenters. The van der Waals surface area contributed by atoms with Crippen molar-refractivity contribution in [1.82, 2.24) is 10.3 Å². The van der Waals surface area contributed by atoms with Gasteiger partial charge in [0.25, 0.3) is 0 Å². The van der Waals surface area contributed by atoms with E-state index >= 15 is 0 Å². The first-order valence-electron chi connectivity index (χ1n) is 5.70. The van der Waals surface area contributed by atoms with Crippen molar-refractivity contribution < 1.29 is 4.74 Å². The van der Waals surface area contributed by atoms with Gasteiger partial charge in [0, 0.05) is 31.7 Å². The van der Waals surface area contributed by atoms with Gasteiger partial charge in [-0.3, -0.25) is 0 Å². The molecule has 0 spiro atoms. The Labute approximate surface area is 112 Å². The van der Waals surface area contributed by atoms with E-state index in [1.165, 1.54) is 0 Å². The van der Waals surface area contributed by atoms with Gasteiger partial charge in [0.1, 0.15) is 0 Å². The molecule has 0 saturated carbocycles. The Morgan fingerprint density at radius 1 is 1.53 bits per heavy atom. The van der Waals surface area contributed by atoms with Crippen LogP contribution in [-0.4, -0.2) is 37.0 Å². The lowest BCUT2D eigenvalue weighted by molar-refractivity contribution is 0.194. The van der Waals surface area contributed by atoms with Crippen LogP contribution in [0.2, 0.25) is 5.02 Å². The maximum Gasteiger partial charge on any atom is 0.0964 e. The number of nitrogens with one attached hydrogen (secondary N) is 1. The third-order valence-corrected chi connectivity index (χ3v) is 3.43. The summed E-state index contributed by atoms with van der Waals surface area (Å²) in [6.45, 7) is 4.96. The Morgan fingerprint density at radius 2 is 2.35 bits per heavy atom. The number of halogens is 1. The zero-order chi connectivity index (χ0) is 12.5. The molecule has 0 amide bonds. The third-order valence-electron chi connectivity index (χ3n) is 2.16. The summed E-state index contributed by atoms with van der Waals surface area (Å²) in [6.07, 6.45) is 2.73. The zero-order valence-corrected chi connectivity index (χ0v) is 11.9. The lowest BCUT2D eigenvalue weighted by atomic mass is 10.4. The second-order valence-corrected chi connectivity index (χ2v) is 5.69. The van der Waals surface area contributed by atoms with E-state index in [2.05, 4.69) is 17.2 Å². The van der Waals surface area contributed by atoms with Gasteiger partial charge in [-0.2, -0.15) is 0 Å². The maximum atomic E-state index is 5.78. The number of hydrogen-bond donors (Lipinski definition) is 1. The van der Waals surface area contributed by atoms with Crippen molar-refractivity contribution >= 4 is 23.4 Å². The number of pyridine rings is 1. The number of ether oxygens (including phenoxy) is 1. The predicted octanol–water partition coefficient (Wildman–Crippen LogP) is 2.84. The van der Waals surface area contributed by atoms with Crippen LogP contribution in [0.15, 0.2) is 23.4 Å². The van der Waals surface area contributed by atoms with Crippen LogP contribution >= 0.6 is 23.4 Å². The molecule has 0 aliphatic carbocycles. The van der Waals surface area contributed by atoms with E-state index in [4.69, 9.17) is 16.3 Å². The summed E-state index contributed by atoms with van der Waals surface area (Å²) >= 11 is 7.54. The lowest BCUT2D eigenvalue weighted by Gasteiger charge is -2.11. The number of methoxy groups -OCH3 is 1. The molecule has 1 N–H and O–H groups in total. The predicted molar refractivity (Wildman–Crippen MR) is 73.9 cm³/mol. The Kier molecular flexibility index (Phi) is 7.60. The highest BCUT2D eigenvalue weighted by Gasteiger charge is 2.04. The second-order valence-electron chi connectivity index (χ2n) is 3.79. The normalized spacial score (nSPS) is 12.6. The molecule has 1 aromatic heterocycles. The van der Waals surface area contributed by atoms with E-state index in [-0.39, 0.29) is 0 Å². The van der Waals surface area contributed by atoms with Crippen molar-refractivity contribution in [2.75, 3.05) is 26.8 Å². The van der Waals surface area contributed by atoms with Gasteiger partial charge in [0.15, 0.2) is 0 Å². The number of hydrogen-bond acceptors (Lipinski definition) is 4. The average Bonchev–Trinajstić information content (AvgIpc) is 2.32. The van der Waals surface area contributed by atoms with Crippen molar-refractivity contribution in [3.05, 3.63) is 23.4 Å². The molecule has 0 fully saturated rings. The summed E-state index contributed by atoms with van der Waals surface area (Å²) in [5.41, 5.74) is 0. The van der Waals surface area contributed by atoms with Crippen LogP contribution in [0.1, 0.15) is 13.3 Å². The Morgan fingerprint density at radius 3 is 3.00 bits per heavy atom. The molecule has 5 heteroatoms. The zero-order valence-electron chi connectivity index (χ0n) is 10.3. The third kappa shape index (κ3) is 6.88. The van der Waals surface area contributed by atoms with Crippen molar-refractivity contribution in [2.45, 2.75) is 23.6 Å². The minimum absolute atomic E-state index is 0.492. The molecule has 0 saturated heterocycles. The molecule has 1 rings (SSSR count). The highest BCUT2D eigenvalue weighted by atomic mass is 35.5. The molecule has 1 atom stereocenters. The van der Waals surface area contributed by atoms with Gasteiger partial charge >= 0.3 is 0 Å². The van der Waals surface area contributed by atoms with Crippen LogP contribution in [0, 0.1) is 0 Å². The van der Waals surface area contributed by atoms with E-state index in [0.29, 0.717) is 10.3 Å². The highest BCUT2D eigenvalue weighted by Crippen LogP contribution is 2.21. The number of nitrogens with zero attached hydrogens (tertiary/aromatic N) is 1. The summed E-state index contributed by atoms with van der Waals surface area (Å²) in [6, 6.07) is 3.82. The van der Waals surface area contributed by atoms with Gasteiger partial charge < -0.3 is 10.1 Å². The first kappa shape index (κ1) is 14.8. The van der Waals surface area contributed by atoms with Gasteiger partial charge in [0.2, 0.25) is 0 Å². The van der Waals surface area contributed by atoms with Crippen molar-refractivity contribution in [3.63, 3.8) is 0 Å². The fourth-order valence-corrected chi connectivity index (χ4v) is 2.31. The standard InChI is InChI=1S/C12H19ClN2OS/c1-10(8-14-6-3-7-16-2)17-12-5-4-11(13)9-15-12/h4-5,9-10,14H,3,6-8H2,1-2H3. The van der Waals surface area contributed by atoms with E-state index in [9.17, 15) is 0 Å². The summed E-state index contributed by atoms with van der Waals surface area (Å²) in [7, 11) is 1.73. The SMILES string of the molecule is COCCCNCC(C)Sc1ccc(Cl)cn1. The summed E-state index contributed by atoms with van der Waals surface area (Å²) in [4.78, 5) is 4.26. The fraction of sp³-hybridized carbons (Fsp3) is 0.583. The quantitative estimate of drug-likeness (QED) is 0.584.